The molecule has 0 aromatic heterocycles. The van der Waals surface area contributed by atoms with Crippen LogP contribution in [0.15, 0.2) is 0 Å². The highest BCUT2D eigenvalue weighted by atomic mass is 32.2. The maximum absolute atomic E-state index is 12.1. The van der Waals surface area contributed by atoms with Crippen LogP contribution in [0.1, 0.15) is 46.5 Å². The Morgan fingerprint density at radius 1 is 1.33 bits per heavy atom. The van der Waals surface area contributed by atoms with E-state index < -0.39 is 15.3 Å². The first-order valence-corrected chi connectivity index (χ1v) is 8.25. The Bertz CT molecular complexity index is 398. The second kappa shape index (κ2) is 6.08. The summed E-state index contributed by atoms with van der Waals surface area (Å²) in [5.74, 6) is 2.90. The van der Waals surface area contributed by atoms with Crippen LogP contribution in [0.5, 0.6) is 0 Å². The van der Waals surface area contributed by atoms with Gasteiger partial charge in [0.1, 0.15) is 0 Å². The average Bonchev–Trinajstić information content (AvgIpc) is 2.24. The van der Waals surface area contributed by atoms with E-state index in [1.807, 2.05) is 0 Å². The molecule has 2 atom stereocenters. The lowest BCUT2D eigenvalue weighted by Gasteiger charge is -2.36. The second-order valence-corrected chi connectivity index (χ2v) is 8.29. The van der Waals surface area contributed by atoms with Crippen molar-refractivity contribution in [3.05, 3.63) is 0 Å². The Morgan fingerprint density at radius 3 is 2.50 bits per heavy atom. The maximum atomic E-state index is 12.1. The van der Waals surface area contributed by atoms with E-state index in [4.69, 9.17) is 11.2 Å². The maximum Gasteiger partial charge on any atom is 0.177 e. The third kappa shape index (κ3) is 4.29. The molecular weight excluding hydrogens is 248 g/mol. The molecule has 0 aromatic carbocycles. The molecule has 4 heteroatoms. The number of hydrogen-bond acceptors (Lipinski definition) is 3. The van der Waals surface area contributed by atoms with Crippen molar-refractivity contribution in [2.24, 2.45) is 11.3 Å². The summed E-state index contributed by atoms with van der Waals surface area (Å²) >= 11 is 0. The fraction of sp³-hybridized carbons (Fsp3) is 0.857. The molecule has 0 spiro atoms. The molecule has 0 radical (unpaired) electrons. The molecule has 1 rings (SSSR count). The van der Waals surface area contributed by atoms with Crippen LogP contribution < -0.4 is 0 Å². The van der Waals surface area contributed by atoms with Crippen LogP contribution in [-0.2, 0) is 14.6 Å². The minimum absolute atomic E-state index is 0.0263. The quantitative estimate of drug-likeness (QED) is 0.583. The Kier molecular flexibility index (Phi) is 5.24. The number of rotatable bonds is 4. The van der Waals surface area contributed by atoms with Gasteiger partial charge in [-0.15, -0.1) is 12.3 Å². The van der Waals surface area contributed by atoms with Gasteiger partial charge in [-0.3, -0.25) is 0 Å². The molecule has 1 fully saturated rings. The van der Waals surface area contributed by atoms with Gasteiger partial charge in [-0.05, 0) is 24.7 Å². The number of sulfone groups is 1. The summed E-state index contributed by atoms with van der Waals surface area (Å²) in [6.45, 7) is 6.72. The third-order valence-corrected chi connectivity index (χ3v) is 5.59. The second-order valence-electron chi connectivity index (χ2n) is 6.11. The van der Waals surface area contributed by atoms with Gasteiger partial charge in [-0.25, -0.2) is 8.42 Å². The molecule has 0 bridgehead atoms. The van der Waals surface area contributed by atoms with Crippen LogP contribution in [0.25, 0.3) is 0 Å². The predicted octanol–water partition coefficient (Wildman–Crippen LogP) is 2.61. The zero-order valence-corrected chi connectivity index (χ0v) is 12.4. The van der Waals surface area contributed by atoms with E-state index in [0.717, 1.165) is 12.8 Å². The van der Waals surface area contributed by atoms with Gasteiger partial charge in [0.05, 0.1) is 12.4 Å². The fourth-order valence-corrected chi connectivity index (χ4v) is 4.25. The van der Waals surface area contributed by atoms with Crippen LogP contribution in [0.2, 0.25) is 0 Å². The lowest BCUT2D eigenvalue weighted by molar-refractivity contribution is 0.0276. The Hall–Kier alpha value is -0.530. The van der Waals surface area contributed by atoms with E-state index >= 15 is 0 Å². The normalized spacial score (nSPS) is 27.7. The highest BCUT2D eigenvalue weighted by Crippen LogP contribution is 2.33. The van der Waals surface area contributed by atoms with Gasteiger partial charge < -0.3 is 4.74 Å². The van der Waals surface area contributed by atoms with Gasteiger partial charge in [0, 0.05) is 12.3 Å². The minimum atomic E-state index is -3.12. The summed E-state index contributed by atoms with van der Waals surface area (Å²) in [6, 6.07) is 0. The Labute approximate surface area is 111 Å². The van der Waals surface area contributed by atoms with Crippen molar-refractivity contribution < 1.29 is 13.2 Å². The zero-order chi connectivity index (χ0) is 13.8. The van der Waals surface area contributed by atoms with Crippen LogP contribution in [-0.4, -0.2) is 26.2 Å². The molecule has 0 saturated carbocycles. The van der Waals surface area contributed by atoms with E-state index in [2.05, 4.69) is 26.7 Å². The van der Waals surface area contributed by atoms with Crippen molar-refractivity contribution in [1.82, 2.24) is 0 Å². The largest absolute Gasteiger partial charge is 0.362 e. The highest BCUT2D eigenvalue weighted by Gasteiger charge is 2.39. The number of unbranched alkanes of at least 4 members (excludes halogenated alkanes) is 2. The SMILES string of the molecule is C#CCCCCC1OCC(C(C)(C)C)CS1(=O)=O. The molecule has 2 unspecified atom stereocenters. The summed E-state index contributed by atoms with van der Waals surface area (Å²) in [5, 5.41) is 0. The van der Waals surface area contributed by atoms with Crippen LogP contribution in [0, 0.1) is 23.7 Å². The molecule has 1 aliphatic rings. The molecule has 1 saturated heterocycles. The van der Waals surface area contributed by atoms with E-state index in [9.17, 15) is 8.42 Å². The number of ether oxygens (including phenoxy) is 1. The summed E-state index contributed by atoms with van der Waals surface area (Å²) in [4.78, 5) is 0. The third-order valence-electron chi connectivity index (χ3n) is 3.55. The van der Waals surface area contributed by atoms with E-state index in [1.54, 1.807) is 0 Å². The van der Waals surface area contributed by atoms with Crippen LogP contribution >= 0.6 is 0 Å². The molecule has 0 aromatic rings. The summed E-state index contributed by atoms with van der Waals surface area (Å²) in [5.41, 5.74) is -0.643. The van der Waals surface area contributed by atoms with Crippen molar-refractivity contribution in [3.63, 3.8) is 0 Å². The molecule has 0 amide bonds. The average molecular weight is 272 g/mol. The van der Waals surface area contributed by atoms with Gasteiger partial charge >= 0.3 is 0 Å². The van der Waals surface area contributed by atoms with Gasteiger partial charge in [0.2, 0.25) is 0 Å². The standard InChI is InChI=1S/C14H24O3S/c1-5-6-7-8-9-13-17-10-12(14(2,3)4)11-18(13,15)16/h1,12-13H,6-11H2,2-4H3. The van der Waals surface area contributed by atoms with Crippen molar-refractivity contribution in [2.75, 3.05) is 12.4 Å². The van der Waals surface area contributed by atoms with Gasteiger partial charge in [-0.2, -0.15) is 0 Å². The molecule has 0 N–H and O–H groups in total. The van der Waals surface area contributed by atoms with E-state index in [-0.39, 0.29) is 17.1 Å². The molecule has 104 valence electrons. The van der Waals surface area contributed by atoms with E-state index in [0.29, 0.717) is 19.4 Å². The van der Waals surface area contributed by atoms with Gasteiger partial charge in [-0.1, -0.05) is 20.8 Å². The van der Waals surface area contributed by atoms with Crippen LogP contribution in [0.4, 0.5) is 0 Å². The Balaban J connectivity index is 2.53. The number of terminal acetylenes is 1. The first-order chi connectivity index (χ1) is 8.27. The summed E-state index contributed by atoms with van der Waals surface area (Å²) in [6.07, 6.45) is 8.13. The lowest BCUT2D eigenvalue weighted by Crippen LogP contribution is -2.43. The first-order valence-electron chi connectivity index (χ1n) is 6.54. The molecule has 0 aliphatic carbocycles. The van der Waals surface area contributed by atoms with Gasteiger partial charge in [0.25, 0.3) is 0 Å². The van der Waals surface area contributed by atoms with Gasteiger partial charge in [0.15, 0.2) is 15.3 Å². The van der Waals surface area contributed by atoms with E-state index in [1.165, 1.54) is 0 Å². The topological polar surface area (TPSA) is 43.4 Å². The van der Waals surface area contributed by atoms with Crippen molar-refractivity contribution >= 4 is 9.84 Å². The van der Waals surface area contributed by atoms with Crippen molar-refractivity contribution in [2.45, 2.75) is 51.9 Å². The minimum Gasteiger partial charge on any atom is -0.362 e. The van der Waals surface area contributed by atoms with Crippen molar-refractivity contribution in [3.8, 4) is 12.3 Å². The fourth-order valence-electron chi connectivity index (χ4n) is 2.06. The monoisotopic (exact) mass is 272 g/mol. The summed E-state index contributed by atoms with van der Waals surface area (Å²) in [7, 11) is -3.12. The lowest BCUT2D eigenvalue weighted by atomic mass is 9.82. The van der Waals surface area contributed by atoms with Crippen molar-refractivity contribution in [1.29, 1.82) is 0 Å². The molecule has 1 heterocycles. The molecular formula is C14H24O3S. The first kappa shape index (κ1) is 15.5. The smallest absolute Gasteiger partial charge is 0.177 e. The van der Waals surface area contributed by atoms with Crippen LogP contribution in [0.3, 0.4) is 0 Å². The molecule has 18 heavy (non-hydrogen) atoms. The molecule has 1 aliphatic heterocycles. The Morgan fingerprint density at radius 2 is 2.00 bits per heavy atom. The highest BCUT2D eigenvalue weighted by molar-refractivity contribution is 7.91. The predicted molar refractivity (Wildman–Crippen MR) is 73.8 cm³/mol. The molecule has 3 nitrogen and oxygen atoms in total. The number of hydrogen-bond donors (Lipinski definition) is 0. The zero-order valence-electron chi connectivity index (χ0n) is 11.6. The summed E-state index contributed by atoms with van der Waals surface area (Å²) < 4.78 is 29.8.